The van der Waals surface area contributed by atoms with E-state index in [2.05, 4.69) is 34.2 Å². The second-order valence-corrected chi connectivity index (χ2v) is 9.08. The first kappa shape index (κ1) is 25.4. The van der Waals surface area contributed by atoms with Crippen molar-refractivity contribution in [1.29, 1.82) is 0 Å². The van der Waals surface area contributed by atoms with Gasteiger partial charge in [-0.1, -0.05) is 24.0 Å². The van der Waals surface area contributed by atoms with E-state index in [-0.39, 0.29) is 5.56 Å². The van der Waals surface area contributed by atoms with Crippen molar-refractivity contribution in [3.05, 3.63) is 70.8 Å². The van der Waals surface area contributed by atoms with Crippen LogP contribution in [0, 0.1) is 11.8 Å². The summed E-state index contributed by atoms with van der Waals surface area (Å²) in [6, 6.07) is 13.3. The van der Waals surface area contributed by atoms with Crippen molar-refractivity contribution >= 4 is 17.7 Å². The third kappa shape index (κ3) is 5.91. The molecular weight excluding hydrogens is 460 g/mol. The fourth-order valence-electron chi connectivity index (χ4n) is 4.61. The number of ether oxygens (including phenoxy) is 1. The van der Waals surface area contributed by atoms with Crippen LogP contribution in [0.3, 0.4) is 0 Å². The molecule has 2 bridgehead atoms. The van der Waals surface area contributed by atoms with Gasteiger partial charge in [-0.2, -0.15) is 0 Å². The fourth-order valence-corrected chi connectivity index (χ4v) is 4.61. The highest BCUT2D eigenvalue weighted by Gasteiger charge is 2.34. The number of carbonyl (C=O) groups is 3. The van der Waals surface area contributed by atoms with Crippen molar-refractivity contribution in [2.75, 3.05) is 27.2 Å². The Labute approximate surface area is 210 Å². The van der Waals surface area contributed by atoms with E-state index in [0.717, 1.165) is 35.7 Å². The van der Waals surface area contributed by atoms with Crippen LogP contribution in [0.5, 0.6) is 0 Å². The maximum atomic E-state index is 12.8. The van der Waals surface area contributed by atoms with Crippen molar-refractivity contribution in [2.45, 2.75) is 37.6 Å². The lowest BCUT2D eigenvalue weighted by Gasteiger charge is -2.32. The van der Waals surface area contributed by atoms with E-state index in [1.54, 1.807) is 24.3 Å². The zero-order chi connectivity index (χ0) is 25.7. The van der Waals surface area contributed by atoms with Crippen LogP contribution in [-0.2, 0) is 20.9 Å². The Hall–Kier alpha value is -3.71. The highest BCUT2D eigenvalue weighted by molar-refractivity contribution is 6.08. The van der Waals surface area contributed by atoms with E-state index in [1.165, 1.54) is 38.0 Å². The van der Waals surface area contributed by atoms with Crippen molar-refractivity contribution in [3.8, 4) is 11.8 Å². The van der Waals surface area contributed by atoms with Gasteiger partial charge in [0.05, 0.1) is 12.2 Å². The van der Waals surface area contributed by atoms with Gasteiger partial charge in [-0.25, -0.2) is 5.48 Å². The van der Waals surface area contributed by atoms with Gasteiger partial charge in [0.2, 0.25) is 0 Å². The van der Waals surface area contributed by atoms with Gasteiger partial charge in [-0.3, -0.25) is 24.5 Å². The standard InChI is InChI=1S/C27H30N4O5/c1-28-25(32)24(26(33)29-35)30(2)27(34)21-11-9-19(10-12-21)4-3-18-5-7-20(8-6-18)15-31-16-22-13-14-23(17-31)36-22/h5-12,22-24,35H,13-17H2,1-2H3,(H,28,32)(H,29,33). The Balaban J connectivity index is 1.36. The summed E-state index contributed by atoms with van der Waals surface area (Å²) in [6.07, 6.45) is 3.10. The van der Waals surface area contributed by atoms with E-state index >= 15 is 0 Å². The molecule has 4 rings (SSSR count). The van der Waals surface area contributed by atoms with Crippen LogP contribution in [0.15, 0.2) is 48.5 Å². The Morgan fingerprint density at radius 2 is 1.56 bits per heavy atom. The molecule has 36 heavy (non-hydrogen) atoms. The normalized spacial score (nSPS) is 19.5. The summed E-state index contributed by atoms with van der Waals surface area (Å²) in [5.74, 6) is 3.96. The molecule has 0 aromatic heterocycles. The van der Waals surface area contributed by atoms with Crippen LogP contribution in [0.4, 0.5) is 0 Å². The topological polar surface area (TPSA) is 111 Å². The quantitative estimate of drug-likeness (QED) is 0.242. The molecule has 2 heterocycles. The van der Waals surface area contributed by atoms with Crippen LogP contribution in [-0.4, -0.2) is 78.2 Å². The molecule has 9 nitrogen and oxygen atoms in total. The summed E-state index contributed by atoms with van der Waals surface area (Å²) in [5.41, 5.74) is 4.56. The molecule has 2 aromatic carbocycles. The van der Waals surface area contributed by atoms with Gasteiger partial charge in [-0.15, -0.1) is 0 Å². The van der Waals surface area contributed by atoms with Gasteiger partial charge >= 0.3 is 0 Å². The number of hydrogen-bond donors (Lipinski definition) is 3. The molecule has 0 saturated carbocycles. The van der Waals surface area contributed by atoms with E-state index in [4.69, 9.17) is 9.94 Å². The summed E-state index contributed by atoms with van der Waals surface area (Å²) < 4.78 is 5.91. The molecule has 3 atom stereocenters. The lowest BCUT2D eigenvalue weighted by molar-refractivity contribution is -0.140. The SMILES string of the molecule is CNC(=O)C(C(=O)NO)N(C)C(=O)c1ccc(C#Cc2ccc(CN3CC4CCC(C3)O4)cc2)cc1. The second kappa shape index (κ2) is 11.4. The maximum absolute atomic E-state index is 12.8. The van der Waals surface area contributed by atoms with Crippen LogP contribution in [0.1, 0.15) is 39.9 Å². The number of hydrogen-bond acceptors (Lipinski definition) is 6. The summed E-state index contributed by atoms with van der Waals surface area (Å²) in [4.78, 5) is 40.1. The Morgan fingerprint density at radius 1 is 1.00 bits per heavy atom. The molecule has 188 valence electrons. The number of likely N-dealkylation sites (N-methyl/N-ethyl adjacent to an activating group) is 2. The maximum Gasteiger partial charge on any atom is 0.275 e. The molecule has 2 aliphatic heterocycles. The van der Waals surface area contributed by atoms with Crippen LogP contribution >= 0.6 is 0 Å². The first-order valence-corrected chi connectivity index (χ1v) is 11.9. The Kier molecular flexibility index (Phi) is 8.00. The fraction of sp³-hybridized carbons (Fsp3) is 0.370. The zero-order valence-corrected chi connectivity index (χ0v) is 20.4. The minimum absolute atomic E-state index is 0.281. The largest absolute Gasteiger partial charge is 0.372 e. The number of hydroxylamine groups is 1. The van der Waals surface area contributed by atoms with E-state index < -0.39 is 23.8 Å². The molecule has 0 radical (unpaired) electrons. The Bertz CT molecular complexity index is 1140. The number of rotatable bonds is 6. The van der Waals surface area contributed by atoms with Crippen molar-refractivity contribution in [1.82, 2.24) is 20.6 Å². The van der Waals surface area contributed by atoms with Crippen molar-refractivity contribution in [3.63, 3.8) is 0 Å². The van der Waals surface area contributed by atoms with E-state index in [9.17, 15) is 14.4 Å². The minimum atomic E-state index is -1.51. The number of likely N-dealkylation sites (tertiary alicyclic amines) is 1. The predicted molar refractivity (Wildman–Crippen MR) is 132 cm³/mol. The smallest absolute Gasteiger partial charge is 0.275 e. The van der Waals surface area contributed by atoms with Crippen molar-refractivity contribution in [2.24, 2.45) is 0 Å². The Morgan fingerprint density at radius 3 is 2.08 bits per heavy atom. The number of morpholine rings is 1. The number of benzene rings is 2. The zero-order valence-electron chi connectivity index (χ0n) is 20.4. The third-order valence-corrected chi connectivity index (χ3v) is 6.52. The highest BCUT2D eigenvalue weighted by Crippen LogP contribution is 2.27. The monoisotopic (exact) mass is 490 g/mol. The summed E-state index contributed by atoms with van der Waals surface area (Å²) in [7, 11) is 2.66. The number of nitrogens with one attached hydrogen (secondary N) is 2. The molecule has 0 spiro atoms. The van der Waals surface area contributed by atoms with Crippen LogP contribution in [0.2, 0.25) is 0 Å². The number of fused-ring (bicyclic) bond motifs is 2. The number of amides is 3. The van der Waals surface area contributed by atoms with Crippen LogP contribution < -0.4 is 10.8 Å². The van der Waals surface area contributed by atoms with Crippen molar-refractivity contribution < 1.29 is 24.3 Å². The summed E-state index contributed by atoms with van der Waals surface area (Å²) in [5, 5.41) is 11.2. The van der Waals surface area contributed by atoms with Gasteiger partial charge in [0.15, 0.2) is 6.04 Å². The molecule has 3 unspecified atom stereocenters. The molecule has 3 amide bonds. The second-order valence-electron chi connectivity index (χ2n) is 9.08. The average Bonchev–Trinajstić information content (AvgIpc) is 3.25. The number of nitrogens with zero attached hydrogens (tertiary/aromatic N) is 2. The van der Waals surface area contributed by atoms with E-state index in [1.807, 2.05) is 12.1 Å². The summed E-state index contributed by atoms with van der Waals surface area (Å²) in [6.45, 7) is 2.90. The third-order valence-electron chi connectivity index (χ3n) is 6.52. The molecule has 2 saturated heterocycles. The molecule has 0 aliphatic carbocycles. The average molecular weight is 491 g/mol. The highest BCUT2D eigenvalue weighted by atomic mass is 16.5. The van der Waals surface area contributed by atoms with Gasteiger partial charge < -0.3 is 15.0 Å². The predicted octanol–water partition coefficient (Wildman–Crippen LogP) is 1.14. The van der Waals surface area contributed by atoms with Crippen LogP contribution in [0.25, 0.3) is 0 Å². The first-order chi connectivity index (χ1) is 17.4. The molecule has 2 aliphatic rings. The molecule has 2 aromatic rings. The number of carbonyl (C=O) groups excluding carboxylic acids is 3. The molecule has 9 heteroatoms. The first-order valence-electron chi connectivity index (χ1n) is 11.9. The molecular formula is C27H30N4O5. The van der Waals surface area contributed by atoms with E-state index in [0.29, 0.717) is 12.2 Å². The van der Waals surface area contributed by atoms with Gasteiger partial charge in [0, 0.05) is 50.4 Å². The lowest BCUT2D eigenvalue weighted by Crippen LogP contribution is -2.54. The summed E-state index contributed by atoms with van der Waals surface area (Å²) >= 11 is 0. The molecule has 3 N–H and O–H groups in total. The lowest BCUT2D eigenvalue weighted by atomic mass is 10.1. The van der Waals surface area contributed by atoms with Gasteiger partial charge in [0.25, 0.3) is 17.7 Å². The van der Waals surface area contributed by atoms with Gasteiger partial charge in [0.1, 0.15) is 0 Å². The minimum Gasteiger partial charge on any atom is -0.372 e. The van der Waals surface area contributed by atoms with Gasteiger partial charge in [-0.05, 0) is 54.8 Å². The molecule has 2 fully saturated rings.